The zero-order chi connectivity index (χ0) is 12.7. The Bertz CT molecular complexity index is 450. The van der Waals surface area contributed by atoms with Crippen LogP contribution in [0.4, 0.5) is 5.69 Å². The number of non-ortho nitro benzene ring substituents is 1. The lowest BCUT2D eigenvalue weighted by Crippen LogP contribution is -2.33. The van der Waals surface area contributed by atoms with E-state index in [9.17, 15) is 14.9 Å². The largest absolute Gasteiger partial charge is 0.339 e. The van der Waals surface area contributed by atoms with Gasteiger partial charge in [-0.2, -0.15) is 5.26 Å². The van der Waals surface area contributed by atoms with Crippen molar-refractivity contribution in [1.29, 1.82) is 5.26 Å². The lowest BCUT2D eigenvalue weighted by atomic mass is 10.2. The number of benzene rings is 1. The first-order valence-corrected chi connectivity index (χ1v) is 4.75. The molecule has 0 spiro atoms. The molecular formula is C10H10N4O3. The average molecular weight is 234 g/mol. The number of rotatable bonds is 5. The summed E-state index contributed by atoms with van der Waals surface area (Å²) in [6.07, 6.45) is 0. The highest BCUT2D eigenvalue weighted by molar-refractivity contribution is 5.94. The summed E-state index contributed by atoms with van der Waals surface area (Å²) in [7, 11) is 0. The summed E-state index contributed by atoms with van der Waals surface area (Å²) in [6.45, 7) is 0.309. The van der Waals surface area contributed by atoms with Gasteiger partial charge in [-0.3, -0.25) is 20.2 Å². The number of nitro benzene ring substituents is 1. The van der Waals surface area contributed by atoms with Gasteiger partial charge in [0.1, 0.15) is 0 Å². The van der Waals surface area contributed by atoms with E-state index in [0.717, 1.165) is 0 Å². The third-order valence-corrected chi connectivity index (χ3v) is 1.92. The fourth-order valence-corrected chi connectivity index (χ4v) is 1.10. The van der Waals surface area contributed by atoms with Crippen LogP contribution in [-0.4, -0.2) is 24.0 Å². The van der Waals surface area contributed by atoms with Gasteiger partial charge in [-0.15, -0.1) is 0 Å². The highest BCUT2D eigenvalue weighted by atomic mass is 16.6. The highest BCUT2D eigenvalue weighted by Crippen LogP contribution is 2.11. The Morgan fingerprint density at radius 3 is 2.59 bits per heavy atom. The molecule has 88 valence electrons. The number of carbonyl (C=O) groups is 1. The first-order valence-electron chi connectivity index (χ1n) is 4.75. The average Bonchev–Trinajstić information content (AvgIpc) is 2.34. The maximum absolute atomic E-state index is 11.5. The zero-order valence-electron chi connectivity index (χ0n) is 8.84. The van der Waals surface area contributed by atoms with Gasteiger partial charge in [0.25, 0.3) is 11.6 Å². The van der Waals surface area contributed by atoms with Crippen molar-refractivity contribution in [2.45, 2.75) is 0 Å². The topological polar surface area (TPSA) is 108 Å². The molecule has 0 unspecified atom stereocenters. The van der Waals surface area contributed by atoms with E-state index in [0.29, 0.717) is 5.56 Å². The maximum Gasteiger partial charge on any atom is 0.269 e. The van der Waals surface area contributed by atoms with Crippen LogP contribution in [0.3, 0.4) is 0 Å². The second kappa shape index (κ2) is 6.19. The van der Waals surface area contributed by atoms with E-state index in [4.69, 9.17) is 5.26 Å². The van der Waals surface area contributed by atoms with Crippen LogP contribution in [-0.2, 0) is 0 Å². The summed E-state index contributed by atoms with van der Waals surface area (Å²) < 4.78 is 0. The van der Waals surface area contributed by atoms with Gasteiger partial charge in [-0.1, -0.05) is 0 Å². The molecule has 0 fully saturated rings. The third-order valence-electron chi connectivity index (χ3n) is 1.92. The molecule has 0 aliphatic carbocycles. The summed E-state index contributed by atoms with van der Waals surface area (Å²) >= 11 is 0. The molecule has 1 rings (SSSR count). The minimum atomic E-state index is -0.532. The van der Waals surface area contributed by atoms with Gasteiger partial charge in [-0.05, 0) is 12.1 Å². The quantitative estimate of drug-likeness (QED) is 0.252. The predicted molar refractivity (Wildman–Crippen MR) is 59.0 cm³/mol. The summed E-state index contributed by atoms with van der Waals surface area (Å²) in [6, 6.07) is 7.13. The van der Waals surface area contributed by atoms with Crippen LogP contribution in [0.5, 0.6) is 0 Å². The molecule has 17 heavy (non-hydrogen) atoms. The van der Waals surface area contributed by atoms with Crippen molar-refractivity contribution >= 4 is 11.6 Å². The van der Waals surface area contributed by atoms with E-state index in [1.54, 1.807) is 0 Å². The van der Waals surface area contributed by atoms with Crippen LogP contribution >= 0.6 is 0 Å². The molecule has 1 aromatic carbocycles. The van der Waals surface area contributed by atoms with Crippen molar-refractivity contribution in [3.8, 4) is 6.07 Å². The van der Waals surface area contributed by atoms with E-state index in [2.05, 4.69) is 10.6 Å². The van der Waals surface area contributed by atoms with Crippen LogP contribution < -0.4 is 10.6 Å². The number of nitro groups is 1. The number of hydrogen-bond acceptors (Lipinski definition) is 5. The molecule has 0 aromatic heterocycles. The number of hydrogen-bond donors (Lipinski definition) is 2. The van der Waals surface area contributed by atoms with E-state index in [-0.39, 0.29) is 24.8 Å². The fourth-order valence-electron chi connectivity index (χ4n) is 1.10. The van der Waals surface area contributed by atoms with E-state index in [1.807, 2.05) is 6.07 Å². The molecule has 0 aliphatic rings. The normalized spacial score (nSPS) is 9.35. The molecule has 0 heterocycles. The summed E-state index contributed by atoms with van der Waals surface area (Å²) in [4.78, 5) is 21.3. The Morgan fingerprint density at radius 2 is 2.06 bits per heavy atom. The van der Waals surface area contributed by atoms with Gasteiger partial charge in [0.05, 0.1) is 24.2 Å². The van der Waals surface area contributed by atoms with Gasteiger partial charge in [-0.25, -0.2) is 0 Å². The summed E-state index contributed by atoms with van der Waals surface area (Å²) in [5.41, 5.74) is 0.263. The van der Waals surface area contributed by atoms with Crippen LogP contribution in [0.25, 0.3) is 0 Å². The lowest BCUT2D eigenvalue weighted by molar-refractivity contribution is -0.384. The Morgan fingerprint density at radius 1 is 1.41 bits per heavy atom. The van der Waals surface area contributed by atoms with Crippen LogP contribution in [0.1, 0.15) is 10.4 Å². The second-order valence-corrected chi connectivity index (χ2v) is 3.07. The first kappa shape index (κ1) is 12.6. The molecular weight excluding hydrogens is 224 g/mol. The smallest absolute Gasteiger partial charge is 0.269 e. The van der Waals surface area contributed by atoms with Crippen molar-refractivity contribution in [2.75, 3.05) is 13.2 Å². The van der Waals surface area contributed by atoms with Crippen molar-refractivity contribution < 1.29 is 9.72 Å². The van der Waals surface area contributed by atoms with Crippen molar-refractivity contribution in [1.82, 2.24) is 10.6 Å². The summed E-state index contributed by atoms with van der Waals surface area (Å²) in [5.74, 6) is -0.356. The van der Waals surface area contributed by atoms with E-state index >= 15 is 0 Å². The number of nitrogens with one attached hydrogen (secondary N) is 2. The van der Waals surface area contributed by atoms with Gasteiger partial charge in [0, 0.05) is 17.7 Å². The molecule has 2 N–H and O–H groups in total. The number of nitriles is 1. The van der Waals surface area contributed by atoms with Gasteiger partial charge >= 0.3 is 0 Å². The standard InChI is InChI=1S/C10H10N4O3/c11-5-6-12-7-13-10(15)8-1-3-9(4-2-8)14(16)17/h1-4,12H,6-7H2,(H,13,15). The van der Waals surface area contributed by atoms with Crippen molar-refractivity contribution in [3.63, 3.8) is 0 Å². The highest BCUT2D eigenvalue weighted by Gasteiger charge is 2.08. The van der Waals surface area contributed by atoms with Crippen molar-refractivity contribution in [3.05, 3.63) is 39.9 Å². The third kappa shape index (κ3) is 3.89. The monoisotopic (exact) mass is 234 g/mol. The molecule has 7 heteroatoms. The molecule has 0 aliphatic heterocycles. The minimum absolute atomic E-state index is 0.0656. The maximum atomic E-state index is 11.5. The number of carbonyl (C=O) groups excluding carboxylic acids is 1. The SMILES string of the molecule is N#CCNCNC(=O)c1ccc([N+](=O)[O-])cc1. The Balaban J connectivity index is 2.52. The van der Waals surface area contributed by atoms with Gasteiger partial charge < -0.3 is 5.32 Å². The molecule has 0 bridgehead atoms. The van der Waals surface area contributed by atoms with E-state index < -0.39 is 4.92 Å². The molecule has 7 nitrogen and oxygen atoms in total. The first-order chi connectivity index (χ1) is 8.15. The Hall–Kier alpha value is -2.46. The fraction of sp³-hybridized carbons (Fsp3) is 0.200. The molecule has 1 amide bonds. The molecule has 1 aromatic rings. The molecule has 0 saturated heterocycles. The zero-order valence-corrected chi connectivity index (χ0v) is 8.84. The minimum Gasteiger partial charge on any atom is -0.339 e. The predicted octanol–water partition coefficient (Wildman–Crippen LogP) is 0.395. The second-order valence-electron chi connectivity index (χ2n) is 3.07. The van der Waals surface area contributed by atoms with Gasteiger partial charge in [0.2, 0.25) is 0 Å². The Labute approximate surface area is 97.2 Å². The molecule has 0 saturated carbocycles. The van der Waals surface area contributed by atoms with Crippen molar-refractivity contribution in [2.24, 2.45) is 0 Å². The van der Waals surface area contributed by atoms with Crippen LogP contribution in [0.2, 0.25) is 0 Å². The van der Waals surface area contributed by atoms with Gasteiger partial charge in [0.15, 0.2) is 0 Å². The lowest BCUT2D eigenvalue weighted by Gasteiger charge is -2.04. The summed E-state index contributed by atoms with van der Waals surface area (Å²) in [5, 5.41) is 23.8. The molecule has 0 atom stereocenters. The Kier molecular flexibility index (Phi) is 4.59. The van der Waals surface area contributed by atoms with E-state index in [1.165, 1.54) is 24.3 Å². The van der Waals surface area contributed by atoms with Crippen LogP contribution in [0, 0.1) is 21.4 Å². The van der Waals surface area contributed by atoms with Crippen LogP contribution in [0.15, 0.2) is 24.3 Å². The molecule has 0 radical (unpaired) electrons. The number of nitrogens with zero attached hydrogens (tertiary/aromatic N) is 2. The number of amides is 1.